The van der Waals surface area contributed by atoms with Gasteiger partial charge in [-0.1, -0.05) is 78.4 Å². The molecule has 3 aromatic rings. The number of likely N-dealkylation sites (tertiary alicyclic amines) is 1. The number of aryl methyl sites for hydroxylation is 1. The van der Waals surface area contributed by atoms with Crippen molar-refractivity contribution in [3.8, 4) is 0 Å². The van der Waals surface area contributed by atoms with E-state index in [1.807, 2.05) is 67.6 Å². The van der Waals surface area contributed by atoms with Crippen molar-refractivity contribution in [2.75, 3.05) is 6.54 Å². The average molecular weight is 564 g/mol. The molecule has 0 radical (unpaired) electrons. The fourth-order valence-electron chi connectivity index (χ4n) is 4.79. The molecule has 0 unspecified atom stereocenters. The average Bonchev–Trinajstić information content (AvgIpc) is 3.41. The van der Waals surface area contributed by atoms with E-state index < -0.39 is 39.8 Å². The van der Waals surface area contributed by atoms with Gasteiger partial charge in [0.15, 0.2) is 0 Å². The van der Waals surface area contributed by atoms with Crippen molar-refractivity contribution in [3.63, 3.8) is 0 Å². The van der Waals surface area contributed by atoms with Crippen LogP contribution < -0.4 is 10.0 Å². The van der Waals surface area contributed by atoms with Crippen LogP contribution >= 0.6 is 0 Å². The van der Waals surface area contributed by atoms with Crippen LogP contribution in [0.4, 0.5) is 4.79 Å². The summed E-state index contributed by atoms with van der Waals surface area (Å²) >= 11 is 0. The Morgan fingerprint density at radius 3 is 1.98 bits per heavy atom. The number of nitrogens with one attached hydrogen (secondary N) is 2. The lowest BCUT2D eigenvalue weighted by Gasteiger charge is -2.32. The van der Waals surface area contributed by atoms with Crippen molar-refractivity contribution in [2.45, 2.75) is 69.2 Å². The molecule has 0 bridgehead atoms. The first-order valence-corrected chi connectivity index (χ1v) is 14.9. The largest absolute Gasteiger partial charge is 0.444 e. The Bertz CT molecular complexity index is 1400. The number of ether oxygens (including phenoxy) is 1. The predicted octanol–water partition coefficient (Wildman–Crippen LogP) is 5.27. The van der Waals surface area contributed by atoms with Gasteiger partial charge >= 0.3 is 6.09 Å². The summed E-state index contributed by atoms with van der Waals surface area (Å²) in [5.74, 6) is -0.368. The zero-order chi connectivity index (χ0) is 28.9. The molecule has 1 fully saturated rings. The fourth-order valence-corrected chi connectivity index (χ4v) is 6.03. The van der Waals surface area contributed by atoms with Crippen molar-refractivity contribution >= 4 is 22.0 Å². The third kappa shape index (κ3) is 7.28. The maximum absolute atomic E-state index is 13.8. The maximum atomic E-state index is 13.8. The lowest BCUT2D eigenvalue weighted by Crippen LogP contribution is -2.50. The molecule has 1 aliphatic heterocycles. The summed E-state index contributed by atoms with van der Waals surface area (Å²) < 4.78 is 35.6. The number of hydrogen-bond donors (Lipinski definition) is 2. The molecule has 0 aromatic heterocycles. The molecule has 212 valence electrons. The van der Waals surface area contributed by atoms with E-state index in [1.54, 1.807) is 45.0 Å². The zero-order valence-electron chi connectivity index (χ0n) is 23.3. The Morgan fingerprint density at radius 2 is 1.43 bits per heavy atom. The van der Waals surface area contributed by atoms with Gasteiger partial charge in [-0.3, -0.25) is 9.69 Å². The van der Waals surface area contributed by atoms with Crippen LogP contribution in [0.15, 0.2) is 89.8 Å². The molecule has 2 N–H and O–H groups in total. The van der Waals surface area contributed by atoms with Crippen molar-refractivity contribution in [3.05, 3.63) is 102 Å². The quantitative estimate of drug-likeness (QED) is 0.389. The molecule has 1 saturated heterocycles. The Morgan fingerprint density at radius 1 is 0.875 bits per heavy atom. The summed E-state index contributed by atoms with van der Waals surface area (Å²) in [6, 6.07) is 22.7. The van der Waals surface area contributed by atoms with E-state index in [1.165, 1.54) is 4.90 Å². The minimum Gasteiger partial charge on any atom is -0.444 e. The van der Waals surface area contributed by atoms with Gasteiger partial charge in [0.1, 0.15) is 11.6 Å². The molecule has 0 spiro atoms. The SMILES string of the molecule is Cc1ccc(S(=O)(=O)N[C@H](c2ccccc2)[C@H](NC(=O)[C@@H]2CCCN2C(=O)OC(C)(C)C)c2ccccc2)cc1. The van der Waals surface area contributed by atoms with Crippen molar-refractivity contribution in [1.82, 2.24) is 14.9 Å². The van der Waals surface area contributed by atoms with Gasteiger partial charge in [-0.25, -0.2) is 17.9 Å². The maximum Gasteiger partial charge on any atom is 0.410 e. The van der Waals surface area contributed by atoms with Gasteiger partial charge < -0.3 is 10.1 Å². The van der Waals surface area contributed by atoms with Gasteiger partial charge in [0.05, 0.1) is 17.0 Å². The highest BCUT2D eigenvalue weighted by molar-refractivity contribution is 7.89. The van der Waals surface area contributed by atoms with Gasteiger partial charge in [0.2, 0.25) is 15.9 Å². The van der Waals surface area contributed by atoms with Crippen LogP contribution in [0.1, 0.15) is 62.4 Å². The molecule has 0 saturated carbocycles. The van der Waals surface area contributed by atoms with Crippen LogP contribution in [0, 0.1) is 6.92 Å². The van der Waals surface area contributed by atoms with Crippen molar-refractivity contribution < 1.29 is 22.7 Å². The molecule has 4 rings (SSSR count). The Kier molecular flexibility index (Phi) is 8.95. The highest BCUT2D eigenvalue weighted by Gasteiger charge is 2.39. The van der Waals surface area contributed by atoms with Crippen molar-refractivity contribution in [1.29, 1.82) is 0 Å². The lowest BCUT2D eigenvalue weighted by atomic mass is 9.93. The molecular weight excluding hydrogens is 526 g/mol. The number of carbonyl (C=O) groups is 2. The van der Waals surface area contributed by atoms with Crippen LogP contribution in [0.3, 0.4) is 0 Å². The van der Waals surface area contributed by atoms with Crippen LogP contribution in [0.25, 0.3) is 0 Å². The standard InChI is InChI=1S/C31H37N3O5S/c1-22-17-19-25(20-18-22)40(37,38)33-28(24-14-9-6-10-15-24)27(23-12-7-5-8-13-23)32-29(35)26-16-11-21-34(26)30(36)39-31(2,3)4/h5-10,12-15,17-20,26-28,33H,11,16,21H2,1-4H3,(H,32,35)/t26-,27+,28+/m0/s1. The first-order chi connectivity index (χ1) is 18.9. The van der Waals surface area contributed by atoms with E-state index in [2.05, 4.69) is 10.0 Å². The second kappa shape index (κ2) is 12.2. The molecule has 1 heterocycles. The Labute approximate surface area is 236 Å². The van der Waals surface area contributed by atoms with Gasteiger partial charge in [-0.15, -0.1) is 0 Å². The molecule has 40 heavy (non-hydrogen) atoms. The van der Waals surface area contributed by atoms with E-state index in [-0.39, 0.29) is 10.8 Å². The van der Waals surface area contributed by atoms with Crippen LogP contribution in [0.5, 0.6) is 0 Å². The molecule has 2 amide bonds. The lowest BCUT2D eigenvalue weighted by molar-refractivity contribution is -0.126. The van der Waals surface area contributed by atoms with E-state index in [4.69, 9.17) is 4.74 Å². The normalized spacial score (nSPS) is 17.2. The minimum absolute atomic E-state index is 0.129. The summed E-state index contributed by atoms with van der Waals surface area (Å²) in [5, 5.41) is 3.09. The highest BCUT2D eigenvalue weighted by atomic mass is 32.2. The smallest absolute Gasteiger partial charge is 0.410 e. The van der Waals surface area contributed by atoms with Gasteiger partial charge in [-0.05, 0) is 63.8 Å². The van der Waals surface area contributed by atoms with E-state index in [9.17, 15) is 18.0 Å². The van der Waals surface area contributed by atoms with Gasteiger partial charge in [0.25, 0.3) is 0 Å². The molecule has 1 aliphatic rings. The number of sulfonamides is 1. The minimum atomic E-state index is -3.96. The van der Waals surface area contributed by atoms with Gasteiger partial charge in [0, 0.05) is 6.54 Å². The number of amides is 2. The number of benzene rings is 3. The monoisotopic (exact) mass is 563 g/mol. The summed E-state index contributed by atoms with van der Waals surface area (Å²) in [6.45, 7) is 7.65. The number of hydrogen-bond acceptors (Lipinski definition) is 5. The molecule has 9 heteroatoms. The summed E-state index contributed by atoms with van der Waals surface area (Å²) in [7, 11) is -3.96. The van der Waals surface area contributed by atoms with E-state index >= 15 is 0 Å². The second-order valence-corrected chi connectivity index (χ2v) is 12.8. The summed E-state index contributed by atoms with van der Waals surface area (Å²) in [5.41, 5.74) is 1.65. The highest BCUT2D eigenvalue weighted by Crippen LogP contribution is 2.32. The molecular formula is C31H37N3O5S. The third-order valence-corrected chi connectivity index (χ3v) is 8.20. The van der Waals surface area contributed by atoms with Crippen molar-refractivity contribution in [2.24, 2.45) is 0 Å². The Balaban J connectivity index is 1.70. The zero-order valence-corrected chi connectivity index (χ0v) is 24.1. The fraction of sp³-hybridized carbons (Fsp3) is 0.355. The van der Waals surface area contributed by atoms with Crippen LogP contribution in [-0.2, 0) is 19.6 Å². The first kappa shape index (κ1) is 29.3. The Hall–Kier alpha value is -3.69. The molecule has 8 nitrogen and oxygen atoms in total. The third-order valence-electron chi connectivity index (χ3n) is 6.75. The van der Waals surface area contributed by atoms with E-state index in [0.29, 0.717) is 24.9 Å². The number of rotatable bonds is 8. The molecule has 3 atom stereocenters. The second-order valence-electron chi connectivity index (χ2n) is 11.1. The first-order valence-electron chi connectivity index (χ1n) is 13.4. The van der Waals surface area contributed by atoms with Crippen LogP contribution in [0.2, 0.25) is 0 Å². The van der Waals surface area contributed by atoms with Gasteiger partial charge in [-0.2, -0.15) is 0 Å². The van der Waals surface area contributed by atoms with Crippen LogP contribution in [-0.4, -0.2) is 43.5 Å². The number of nitrogens with zero attached hydrogens (tertiary/aromatic N) is 1. The summed E-state index contributed by atoms with van der Waals surface area (Å²) in [6.07, 6.45) is 0.605. The topological polar surface area (TPSA) is 105 Å². The number of carbonyl (C=O) groups excluding carboxylic acids is 2. The molecule has 0 aliphatic carbocycles. The summed E-state index contributed by atoms with van der Waals surface area (Å²) in [4.78, 5) is 28.3. The predicted molar refractivity (Wildman–Crippen MR) is 154 cm³/mol. The van der Waals surface area contributed by atoms with E-state index in [0.717, 1.165) is 11.1 Å². The molecule has 3 aromatic carbocycles.